The fourth-order valence-electron chi connectivity index (χ4n) is 2.91. The first-order chi connectivity index (χ1) is 13.8. The predicted molar refractivity (Wildman–Crippen MR) is 117 cm³/mol. The molecule has 154 valence electrons. The van der Waals surface area contributed by atoms with Crippen LogP contribution < -0.4 is 5.32 Å². The highest BCUT2D eigenvalue weighted by Crippen LogP contribution is 2.22. The summed E-state index contributed by atoms with van der Waals surface area (Å²) in [7, 11) is 0. The van der Waals surface area contributed by atoms with Gasteiger partial charge >= 0.3 is 5.97 Å². The Labute approximate surface area is 175 Å². The fraction of sp³-hybridized carbons (Fsp3) is 0.348. The van der Waals surface area contributed by atoms with Crippen LogP contribution in [0.15, 0.2) is 54.6 Å². The number of benzene rings is 2. The van der Waals surface area contributed by atoms with Crippen molar-refractivity contribution in [2.24, 2.45) is 0 Å². The molecule has 5 nitrogen and oxygen atoms in total. The molecule has 0 saturated heterocycles. The summed E-state index contributed by atoms with van der Waals surface area (Å²) in [6.07, 6.45) is 1.08. The average molecular weight is 414 g/mol. The number of carbonyl (C=O) groups is 3. The lowest BCUT2D eigenvalue weighted by atomic mass is 10.0. The summed E-state index contributed by atoms with van der Waals surface area (Å²) < 4.78 is 0. The average Bonchev–Trinajstić information content (AvgIpc) is 2.68. The predicted octanol–water partition coefficient (Wildman–Crippen LogP) is 4.30. The van der Waals surface area contributed by atoms with Crippen molar-refractivity contribution in [1.82, 2.24) is 5.32 Å². The van der Waals surface area contributed by atoms with Gasteiger partial charge in [0.15, 0.2) is 0 Å². The maximum atomic E-state index is 12.4. The van der Waals surface area contributed by atoms with E-state index in [-0.39, 0.29) is 35.5 Å². The fourth-order valence-corrected chi connectivity index (χ4v) is 3.85. The Bertz CT molecular complexity index is 821. The number of amides is 1. The first kappa shape index (κ1) is 22.7. The van der Waals surface area contributed by atoms with Crippen LogP contribution in [-0.2, 0) is 20.8 Å². The largest absolute Gasteiger partial charge is 0.481 e. The highest BCUT2D eigenvalue weighted by Gasteiger charge is 2.19. The minimum Gasteiger partial charge on any atom is -0.481 e. The molecule has 2 N–H and O–H groups in total. The van der Waals surface area contributed by atoms with Crippen molar-refractivity contribution in [3.05, 3.63) is 60.2 Å². The minimum absolute atomic E-state index is 0.0510. The van der Waals surface area contributed by atoms with E-state index in [4.69, 9.17) is 5.11 Å². The van der Waals surface area contributed by atoms with Crippen LogP contribution in [0.4, 0.5) is 0 Å². The van der Waals surface area contributed by atoms with Crippen LogP contribution in [-0.4, -0.2) is 33.4 Å². The van der Waals surface area contributed by atoms with Gasteiger partial charge in [-0.1, -0.05) is 73.3 Å². The molecule has 0 heterocycles. The standard InChI is InChI=1S/C23H27NO4S/c1-16(29-23(28)17(2)24-21(25)9-6-10-22(26)27)15-18-11-13-20(14-12-18)19-7-4-3-5-8-19/h3-5,7-8,11-14,16-17H,6,9-10,15H2,1-2H3,(H,24,25)(H,26,27)/t16-,17+/m0/s1. The van der Waals surface area contributed by atoms with Gasteiger partial charge in [0, 0.05) is 18.1 Å². The number of carboxylic acids is 1. The van der Waals surface area contributed by atoms with Gasteiger partial charge in [0.1, 0.15) is 0 Å². The molecule has 2 aromatic carbocycles. The number of hydrogen-bond donors (Lipinski definition) is 2. The summed E-state index contributed by atoms with van der Waals surface area (Å²) in [6, 6.07) is 17.9. The van der Waals surface area contributed by atoms with Gasteiger partial charge in [0.2, 0.25) is 11.0 Å². The molecule has 29 heavy (non-hydrogen) atoms. The van der Waals surface area contributed by atoms with E-state index < -0.39 is 12.0 Å². The Morgan fingerprint density at radius 2 is 1.55 bits per heavy atom. The van der Waals surface area contributed by atoms with E-state index >= 15 is 0 Å². The maximum Gasteiger partial charge on any atom is 0.303 e. The summed E-state index contributed by atoms with van der Waals surface area (Å²) in [4.78, 5) is 34.6. The summed E-state index contributed by atoms with van der Waals surface area (Å²) in [6.45, 7) is 3.65. The highest BCUT2D eigenvalue weighted by atomic mass is 32.2. The number of hydrogen-bond acceptors (Lipinski definition) is 4. The van der Waals surface area contributed by atoms with Crippen molar-refractivity contribution >= 4 is 28.8 Å². The SMILES string of the molecule is C[C@@H](Cc1ccc(-c2ccccc2)cc1)SC(=O)[C@@H](C)NC(=O)CCCC(=O)O. The number of carboxylic acid groups (broad SMARTS) is 1. The Morgan fingerprint density at radius 3 is 2.17 bits per heavy atom. The minimum atomic E-state index is -0.928. The molecule has 0 unspecified atom stereocenters. The van der Waals surface area contributed by atoms with Crippen LogP contribution in [0.2, 0.25) is 0 Å². The number of nitrogens with one attached hydrogen (secondary N) is 1. The molecular formula is C23H27NO4S. The molecule has 0 saturated carbocycles. The number of aliphatic carboxylic acids is 1. The van der Waals surface area contributed by atoms with Crippen LogP contribution in [0, 0.1) is 0 Å². The Balaban J connectivity index is 1.79. The normalized spacial score (nSPS) is 12.8. The van der Waals surface area contributed by atoms with E-state index in [2.05, 4.69) is 41.7 Å². The number of carbonyl (C=O) groups excluding carboxylic acids is 2. The van der Waals surface area contributed by atoms with Gasteiger partial charge in [0.25, 0.3) is 0 Å². The van der Waals surface area contributed by atoms with Gasteiger partial charge in [-0.2, -0.15) is 0 Å². The maximum absolute atomic E-state index is 12.4. The van der Waals surface area contributed by atoms with E-state index in [1.165, 1.54) is 17.3 Å². The van der Waals surface area contributed by atoms with Gasteiger partial charge in [-0.15, -0.1) is 0 Å². The molecule has 0 fully saturated rings. The highest BCUT2D eigenvalue weighted by molar-refractivity contribution is 8.14. The molecule has 0 bridgehead atoms. The van der Waals surface area contributed by atoms with Crippen molar-refractivity contribution in [2.75, 3.05) is 0 Å². The molecule has 2 atom stereocenters. The molecule has 0 radical (unpaired) electrons. The zero-order chi connectivity index (χ0) is 21.2. The molecule has 6 heteroatoms. The van der Waals surface area contributed by atoms with E-state index in [1.807, 2.05) is 25.1 Å². The second kappa shape index (κ2) is 11.4. The molecule has 2 rings (SSSR count). The molecule has 0 aliphatic heterocycles. The van der Waals surface area contributed by atoms with Gasteiger partial charge in [-0.3, -0.25) is 14.4 Å². The number of rotatable bonds is 10. The second-order valence-corrected chi connectivity index (χ2v) is 8.49. The first-order valence-corrected chi connectivity index (χ1v) is 10.6. The molecule has 2 aromatic rings. The third-order valence-corrected chi connectivity index (χ3v) is 5.58. The van der Waals surface area contributed by atoms with Gasteiger partial charge < -0.3 is 10.4 Å². The van der Waals surface area contributed by atoms with Gasteiger partial charge in [0.05, 0.1) is 6.04 Å². The molecule has 0 spiro atoms. The molecule has 0 aliphatic rings. The van der Waals surface area contributed by atoms with E-state index in [0.717, 1.165) is 17.5 Å². The van der Waals surface area contributed by atoms with Crippen LogP contribution >= 0.6 is 11.8 Å². The molecule has 0 aromatic heterocycles. The topological polar surface area (TPSA) is 83.5 Å². The second-order valence-electron chi connectivity index (χ2n) is 7.05. The summed E-state index contributed by atoms with van der Waals surface area (Å²) in [5, 5.41) is 11.2. The Morgan fingerprint density at radius 1 is 0.931 bits per heavy atom. The molecular weight excluding hydrogens is 386 g/mol. The van der Waals surface area contributed by atoms with Crippen LogP contribution in [0.3, 0.4) is 0 Å². The molecule has 1 amide bonds. The van der Waals surface area contributed by atoms with Crippen molar-refractivity contribution < 1.29 is 19.5 Å². The van der Waals surface area contributed by atoms with Crippen molar-refractivity contribution in [3.8, 4) is 11.1 Å². The summed E-state index contributed by atoms with van der Waals surface area (Å²) >= 11 is 1.23. The van der Waals surface area contributed by atoms with Gasteiger partial charge in [-0.25, -0.2) is 0 Å². The van der Waals surface area contributed by atoms with Crippen LogP contribution in [0.1, 0.15) is 38.7 Å². The zero-order valence-electron chi connectivity index (χ0n) is 16.8. The Kier molecular flexibility index (Phi) is 8.93. The molecule has 0 aliphatic carbocycles. The zero-order valence-corrected chi connectivity index (χ0v) is 17.6. The number of thioether (sulfide) groups is 1. The smallest absolute Gasteiger partial charge is 0.303 e. The third-order valence-electron chi connectivity index (χ3n) is 4.43. The quantitative estimate of drug-likeness (QED) is 0.607. The third kappa shape index (κ3) is 8.11. The van der Waals surface area contributed by atoms with E-state index in [0.29, 0.717) is 0 Å². The van der Waals surface area contributed by atoms with Crippen molar-refractivity contribution in [1.29, 1.82) is 0 Å². The lowest BCUT2D eigenvalue weighted by Gasteiger charge is -2.16. The van der Waals surface area contributed by atoms with Crippen molar-refractivity contribution in [2.45, 2.75) is 50.8 Å². The lowest BCUT2D eigenvalue weighted by Crippen LogP contribution is -2.37. The van der Waals surface area contributed by atoms with E-state index in [1.54, 1.807) is 6.92 Å². The first-order valence-electron chi connectivity index (χ1n) is 9.71. The van der Waals surface area contributed by atoms with E-state index in [9.17, 15) is 14.4 Å². The van der Waals surface area contributed by atoms with Crippen LogP contribution in [0.25, 0.3) is 11.1 Å². The monoisotopic (exact) mass is 413 g/mol. The van der Waals surface area contributed by atoms with Crippen molar-refractivity contribution in [3.63, 3.8) is 0 Å². The lowest BCUT2D eigenvalue weighted by molar-refractivity contribution is -0.137. The summed E-state index contributed by atoms with van der Waals surface area (Å²) in [5.41, 5.74) is 3.48. The van der Waals surface area contributed by atoms with Crippen LogP contribution in [0.5, 0.6) is 0 Å². The summed E-state index contributed by atoms with van der Waals surface area (Å²) in [5.74, 6) is -1.22. The Hall–Kier alpha value is -2.60. The van der Waals surface area contributed by atoms with Gasteiger partial charge in [-0.05, 0) is 36.5 Å².